The Morgan fingerprint density at radius 1 is 1.33 bits per heavy atom. The van der Waals surface area contributed by atoms with Gasteiger partial charge in [0.25, 0.3) is 0 Å². The average molecular weight is 289 g/mol. The van der Waals surface area contributed by atoms with E-state index in [-0.39, 0.29) is 17.3 Å². The summed E-state index contributed by atoms with van der Waals surface area (Å²) in [6.07, 6.45) is 2.82. The van der Waals surface area contributed by atoms with Gasteiger partial charge in [-0.3, -0.25) is 9.59 Å². The smallest absolute Gasteiger partial charge is 0.243 e. The zero-order valence-corrected chi connectivity index (χ0v) is 12.7. The van der Waals surface area contributed by atoms with Crippen molar-refractivity contribution >= 4 is 5.91 Å². The third-order valence-corrected chi connectivity index (χ3v) is 3.04. The lowest BCUT2D eigenvalue weighted by Gasteiger charge is -2.11. The zero-order valence-electron chi connectivity index (χ0n) is 12.7. The number of rotatable bonds is 8. The quantitative estimate of drug-likeness (QED) is 0.591. The van der Waals surface area contributed by atoms with E-state index in [4.69, 9.17) is 4.74 Å². The zero-order chi connectivity index (χ0) is 15.7. The number of unbranched alkanes of at least 4 members (excludes halogenated alkanes) is 1. The summed E-state index contributed by atoms with van der Waals surface area (Å²) in [6.45, 7) is 8.50. The molecule has 0 atom stereocenters. The van der Waals surface area contributed by atoms with Gasteiger partial charge in [0, 0.05) is 12.1 Å². The van der Waals surface area contributed by atoms with Crippen molar-refractivity contribution in [2.24, 2.45) is 0 Å². The van der Waals surface area contributed by atoms with Crippen LogP contribution in [0.2, 0.25) is 0 Å². The Morgan fingerprint density at radius 3 is 2.71 bits per heavy atom. The Bertz CT molecular complexity index is 538. The molecule has 1 N–H and O–H groups in total. The molecule has 1 aromatic rings. The molecule has 1 aromatic carbocycles. The fourth-order valence-corrected chi connectivity index (χ4v) is 1.89. The van der Waals surface area contributed by atoms with Gasteiger partial charge in [-0.25, -0.2) is 0 Å². The molecule has 0 radical (unpaired) electrons. The molecule has 4 nitrogen and oxygen atoms in total. The molecule has 0 saturated heterocycles. The Labute approximate surface area is 125 Å². The largest absolute Gasteiger partial charge is 0.489 e. The van der Waals surface area contributed by atoms with Crippen LogP contribution in [0.15, 0.2) is 41.7 Å². The van der Waals surface area contributed by atoms with E-state index < -0.39 is 0 Å². The Balaban J connectivity index is 2.52. The third kappa shape index (κ3) is 5.81. The van der Waals surface area contributed by atoms with Crippen molar-refractivity contribution < 1.29 is 9.53 Å². The van der Waals surface area contributed by atoms with Gasteiger partial charge in [0.15, 0.2) is 5.75 Å². The Kier molecular flexibility index (Phi) is 7.23. The van der Waals surface area contributed by atoms with Gasteiger partial charge in [-0.1, -0.05) is 38.6 Å². The van der Waals surface area contributed by atoms with Crippen molar-refractivity contribution in [3.8, 4) is 5.75 Å². The molecule has 21 heavy (non-hydrogen) atoms. The fourth-order valence-electron chi connectivity index (χ4n) is 1.89. The van der Waals surface area contributed by atoms with E-state index in [1.54, 1.807) is 6.07 Å². The maximum absolute atomic E-state index is 12.0. The maximum Gasteiger partial charge on any atom is 0.243 e. The van der Waals surface area contributed by atoms with Crippen LogP contribution in [0.3, 0.4) is 0 Å². The van der Waals surface area contributed by atoms with E-state index >= 15 is 0 Å². The minimum Gasteiger partial charge on any atom is -0.489 e. The van der Waals surface area contributed by atoms with Gasteiger partial charge in [-0.05, 0) is 30.9 Å². The molecule has 0 aliphatic carbocycles. The Morgan fingerprint density at radius 2 is 2.05 bits per heavy atom. The molecule has 0 spiro atoms. The monoisotopic (exact) mass is 289 g/mol. The number of carbonyl (C=O) groups is 1. The van der Waals surface area contributed by atoms with Gasteiger partial charge in [-0.15, -0.1) is 0 Å². The van der Waals surface area contributed by atoms with Gasteiger partial charge >= 0.3 is 0 Å². The molecule has 0 aliphatic heterocycles. The summed E-state index contributed by atoms with van der Waals surface area (Å²) >= 11 is 0. The van der Waals surface area contributed by atoms with Crippen LogP contribution in [-0.4, -0.2) is 19.1 Å². The molecule has 0 aromatic heterocycles. The molecule has 1 rings (SSSR count). The van der Waals surface area contributed by atoms with Crippen molar-refractivity contribution in [3.05, 3.63) is 52.7 Å². The van der Waals surface area contributed by atoms with Crippen LogP contribution in [-0.2, 0) is 4.79 Å². The topological polar surface area (TPSA) is 55.4 Å². The third-order valence-electron chi connectivity index (χ3n) is 3.04. The molecule has 0 heterocycles. The first-order chi connectivity index (χ1) is 10.1. The van der Waals surface area contributed by atoms with Crippen molar-refractivity contribution in [1.82, 2.24) is 5.32 Å². The normalized spacial score (nSPS) is 10.2. The SMILES string of the molecule is C=CC(=O)NCCCCOc1c(C(C)C)ccccc1=O. The van der Waals surface area contributed by atoms with E-state index in [0.29, 0.717) is 18.9 Å². The van der Waals surface area contributed by atoms with Crippen LogP contribution in [0.4, 0.5) is 0 Å². The van der Waals surface area contributed by atoms with Gasteiger partial charge < -0.3 is 10.1 Å². The van der Waals surface area contributed by atoms with Gasteiger partial charge in [0.2, 0.25) is 11.3 Å². The molecular weight excluding hydrogens is 266 g/mol. The van der Waals surface area contributed by atoms with Crippen LogP contribution < -0.4 is 15.5 Å². The van der Waals surface area contributed by atoms with Crippen LogP contribution >= 0.6 is 0 Å². The molecule has 0 unspecified atom stereocenters. The minimum atomic E-state index is -0.171. The number of hydrogen-bond acceptors (Lipinski definition) is 3. The van der Waals surface area contributed by atoms with E-state index in [1.165, 1.54) is 12.1 Å². The van der Waals surface area contributed by atoms with Gasteiger partial charge in [-0.2, -0.15) is 0 Å². The average Bonchev–Trinajstić information content (AvgIpc) is 2.64. The summed E-state index contributed by atoms with van der Waals surface area (Å²) in [7, 11) is 0. The second-order valence-electron chi connectivity index (χ2n) is 5.07. The number of amides is 1. The lowest BCUT2D eigenvalue weighted by Crippen LogP contribution is -2.22. The first kappa shape index (κ1) is 17.0. The van der Waals surface area contributed by atoms with Crippen molar-refractivity contribution in [2.45, 2.75) is 32.6 Å². The number of nitrogens with one attached hydrogen (secondary N) is 1. The highest BCUT2D eigenvalue weighted by atomic mass is 16.5. The minimum absolute atomic E-state index is 0.0938. The van der Waals surface area contributed by atoms with E-state index in [0.717, 1.165) is 18.4 Å². The predicted octanol–water partition coefficient (Wildman–Crippen LogP) is 2.63. The molecule has 0 fully saturated rings. The number of carbonyl (C=O) groups excluding carboxylic acids is 1. The second kappa shape index (κ2) is 8.95. The molecule has 114 valence electrons. The molecule has 4 heteroatoms. The van der Waals surface area contributed by atoms with Crippen molar-refractivity contribution in [2.75, 3.05) is 13.2 Å². The number of hydrogen-bond donors (Lipinski definition) is 1. The van der Waals surface area contributed by atoms with Gasteiger partial charge in [0.05, 0.1) is 6.61 Å². The molecule has 1 amide bonds. The Hall–Kier alpha value is -2.10. The summed E-state index contributed by atoms with van der Waals surface area (Å²) in [5.41, 5.74) is 0.827. The highest BCUT2D eigenvalue weighted by molar-refractivity contribution is 5.86. The highest BCUT2D eigenvalue weighted by Gasteiger charge is 2.09. The maximum atomic E-state index is 12.0. The standard InChI is InChI=1S/C17H23NO3/c1-4-16(20)18-11-7-8-12-21-17-14(13(2)3)9-5-6-10-15(17)19/h4-6,9-10,13H,1,7-8,11-12H2,2-3H3,(H,18,20). The highest BCUT2D eigenvalue weighted by Crippen LogP contribution is 2.21. The summed E-state index contributed by atoms with van der Waals surface area (Å²) in [4.78, 5) is 23.0. The van der Waals surface area contributed by atoms with Gasteiger partial charge in [0.1, 0.15) is 0 Å². The van der Waals surface area contributed by atoms with Crippen LogP contribution in [0.25, 0.3) is 0 Å². The van der Waals surface area contributed by atoms with E-state index in [9.17, 15) is 9.59 Å². The van der Waals surface area contributed by atoms with E-state index in [1.807, 2.05) is 26.0 Å². The second-order valence-corrected chi connectivity index (χ2v) is 5.07. The predicted molar refractivity (Wildman–Crippen MR) is 84.7 cm³/mol. The molecule has 0 aliphatic rings. The van der Waals surface area contributed by atoms with Crippen LogP contribution in [0.1, 0.15) is 38.2 Å². The van der Waals surface area contributed by atoms with Crippen molar-refractivity contribution in [3.63, 3.8) is 0 Å². The van der Waals surface area contributed by atoms with E-state index in [2.05, 4.69) is 11.9 Å². The first-order valence-corrected chi connectivity index (χ1v) is 7.22. The molecular formula is C17H23NO3. The summed E-state index contributed by atoms with van der Waals surface area (Å²) in [6, 6.07) is 7.03. The first-order valence-electron chi connectivity index (χ1n) is 7.22. The van der Waals surface area contributed by atoms with Crippen LogP contribution in [0.5, 0.6) is 5.75 Å². The van der Waals surface area contributed by atoms with Crippen molar-refractivity contribution in [1.29, 1.82) is 0 Å². The molecule has 0 saturated carbocycles. The lowest BCUT2D eigenvalue weighted by molar-refractivity contribution is -0.116. The molecule has 0 bridgehead atoms. The summed E-state index contributed by atoms with van der Waals surface area (Å²) in [5.74, 6) is 0.493. The van der Waals surface area contributed by atoms with Crippen LogP contribution in [0, 0.1) is 0 Å². The summed E-state index contributed by atoms with van der Waals surface area (Å²) in [5, 5.41) is 2.70. The lowest BCUT2D eigenvalue weighted by atomic mass is 10.0. The fraction of sp³-hybridized carbons (Fsp3) is 0.412. The number of ether oxygens (including phenoxy) is 1. The summed E-state index contributed by atoms with van der Waals surface area (Å²) < 4.78 is 5.68.